The van der Waals surface area contributed by atoms with E-state index in [1.165, 1.54) is 0 Å². The van der Waals surface area contributed by atoms with Gasteiger partial charge in [0.05, 0.1) is 36.3 Å². The number of nitrogens with zero attached hydrogens (tertiary/aromatic N) is 7. The second kappa shape index (κ2) is 6.92. The van der Waals surface area contributed by atoms with Crippen LogP contribution >= 0.6 is 0 Å². The van der Waals surface area contributed by atoms with Gasteiger partial charge in [-0.3, -0.25) is 9.67 Å². The molecule has 0 atom stereocenters. The molecule has 0 aliphatic rings. The highest BCUT2D eigenvalue weighted by Gasteiger charge is 2.13. The van der Waals surface area contributed by atoms with Gasteiger partial charge in [0.25, 0.3) is 0 Å². The number of fused-ring (bicyclic) bond motifs is 2. The molecule has 0 aliphatic carbocycles. The molecule has 5 rings (SSSR count). The number of hydrogen-bond acceptors (Lipinski definition) is 6. The molecular weight excluding hydrogens is 366 g/mol. The van der Waals surface area contributed by atoms with Crippen molar-refractivity contribution in [2.75, 3.05) is 6.61 Å². The molecule has 0 saturated heterocycles. The van der Waals surface area contributed by atoms with Crippen LogP contribution in [0.15, 0.2) is 67.6 Å². The van der Waals surface area contributed by atoms with Crippen molar-refractivity contribution >= 4 is 27.8 Å². The fourth-order valence-electron chi connectivity index (χ4n) is 3.25. The summed E-state index contributed by atoms with van der Waals surface area (Å²) in [5, 5.41) is 22.8. The third-order valence-corrected chi connectivity index (χ3v) is 4.75. The zero-order valence-electron chi connectivity index (χ0n) is 15.5. The van der Waals surface area contributed by atoms with E-state index >= 15 is 0 Å². The molecule has 4 heterocycles. The molecule has 0 bridgehead atoms. The lowest BCUT2D eigenvalue weighted by Gasteiger charge is -2.08. The van der Waals surface area contributed by atoms with Crippen LogP contribution in [0.4, 0.5) is 0 Å². The lowest BCUT2D eigenvalue weighted by molar-refractivity contribution is 0.269. The van der Waals surface area contributed by atoms with Crippen molar-refractivity contribution in [3.05, 3.63) is 73.2 Å². The van der Waals surface area contributed by atoms with Gasteiger partial charge in [0.2, 0.25) is 0 Å². The number of aromatic nitrogens is 7. The van der Waals surface area contributed by atoms with Crippen LogP contribution in [0.5, 0.6) is 0 Å². The molecule has 4 aromatic heterocycles. The van der Waals surface area contributed by atoms with Gasteiger partial charge in [0.15, 0.2) is 5.65 Å². The standard InChI is InChI=1S/C21H17N7O/c1-14(15-4-5-18-16(11-15)3-2-8-22-18)28-21-20(25-26-28)7-6-19(24-21)17-12-23-27(13-17)9-10-29/h2-8,11-13,29H,1,9-10H2. The number of aliphatic hydroxyl groups is 1. The topological polar surface area (TPSA) is 94.5 Å². The lowest BCUT2D eigenvalue weighted by atomic mass is 10.1. The van der Waals surface area contributed by atoms with Crippen LogP contribution in [0, 0.1) is 0 Å². The van der Waals surface area contributed by atoms with E-state index in [9.17, 15) is 0 Å². The van der Waals surface area contributed by atoms with Crippen molar-refractivity contribution in [3.8, 4) is 11.3 Å². The molecule has 0 saturated carbocycles. The largest absolute Gasteiger partial charge is 0.394 e. The van der Waals surface area contributed by atoms with Crippen molar-refractivity contribution in [2.24, 2.45) is 0 Å². The molecule has 0 radical (unpaired) electrons. The van der Waals surface area contributed by atoms with Gasteiger partial charge in [-0.1, -0.05) is 23.9 Å². The summed E-state index contributed by atoms with van der Waals surface area (Å²) >= 11 is 0. The first kappa shape index (κ1) is 17.2. The minimum atomic E-state index is 0.0331. The smallest absolute Gasteiger partial charge is 0.184 e. The van der Waals surface area contributed by atoms with E-state index in [2.05, 4.69) is 27.0 Å². The Labute approximate surface area is 165 Å². The third-order valence-electron chi connectivity index (χ3n) is 4.75. The Kier molecular flexibility index (Phi) is 4.10. The van der Waals surface area contributed by atoms with E-state index in [4.69, 9.17) is 10.1 Å². The number of hydrogen-bond donors (Lipinski definition) is 1. The molecule has 1 aromatic carbocycles. The van der Waals surface area contributed by atoms with Crippen molar-refractivity contribution in [1.82, 2.24) is 34.7 Å². The molecule has 5 aromatic rings. The summed E-state index contributed by atoms with van der Waals surface area (Å²) < 4.78 is 3.33. The van der Waals surface area contributed by atoms with Crippen LogP contribution in [0.2, 0.25) is 0 Å². The minimum absolute atomic E-state index is 0.0331. The van der Waals surface area contributed by atoms with Crippen molar-refractivity contribution in [1.29, 1.82) is 0 Å². The molecule has 29 heavy (non-hydrogen) atoms. The zero-order valence-corrected chi connectivity index (χ0v) is 15.5. The Bertz CT molecular complexity index is 1350. The van der Waals surface area contributed by atoms with Gasteiger partial charge in [0, 0.05) is 28.9 Å². The van der Waals surface area contributed by atoms with Gasteiger partial charge in [-0.15, -0.1) is 5.10 Å². The Morgan fingerprint density at radius 3 is 2.90 bits per heavy atom. The fourth-order valence-corrected chi connectivity index (χ4v) is 3.25. The molecule has 0 spiro atoms. The Hall–Kier alpha value is -3.91. The second-order valence-electron chi connectivity index (χ2n) is 6.61. The first-order chi connectivity index (χ1) is 14.2. The van der Waals surface area contributed by atoms with E-state index in [0.717, 1.165) is 27.7 Å². The monoisotopic (exact) mass is 383 g/mol. The van der Waals surface area contributed by atoms with Gasteiger partial charge < -0.3 is 5.11 Å². The van der Waals surface area contributed by atoms with E-state index < -0.39 is 0 Å². The lowest BCUT2D eigenvalue weighted by Crippen LogP contribution is -2.02. The van der Waals surface area contributed by atoms with Gasteiger partial charge >= 0.3 is 0 Å². The fraction of sp³-hybridized carbons (Fsp3) is 0.0952. The number of aliphatic hydroxyl groups excluding tert-OH is 1. The average molecular weight is 383 g/mol. The molecule has 0 unspecified atom stereocenters. The molecule has 0 amide bonds. The van der Waals surface area contributed by atoms with Crippen LogP contribution < -0.4 is 0 Å². The van der Waals surface area contributed by atoms with Gasteiger partial charge in [-0.05, 0) is 30.3 Å². The summed E-state index contributed by atoms with van der Waals surface area (Å²) in [5.41, 5.74) is 5.43. The number of benzene rings is 1. The van der Waals surface area contributed by atoms with Gasteiger partial charge in [0.1, 0.15) is 5.52 Å². The Morgan fingerprint density at radius 2 is 2.00 bits per heavy atom. The first-order valence-electron chi connectivity index (χ1n) is 9.13. The zero-order chi connectivity index (χ0) is 19.8. The molecule has 8 heteroatoms. The Morgan fingerprint density at radius 1 is 1.10 bits per heavy atom. The maximum absolute atomic E-state index is 9.07. The normalized spacial score (nSPS) is 11.3. The molecule has 0 fully saturated rings. The van der Waals surface area contributed by atoms with Crippen molar-refractivity contribution < 1.29 is 5.11 Å². The number of rotatable bonds is 5. The highest BCUT2D eigenvalue weighted by Crippen LogP contribution is 2.24. The summed E-state index contributed by atoms with van der Waals surface area (Å²) in [6.45, 7) is 4.68. The molecule has 8 nitrogen and oxygen atoms in total. The van der Waals surface area contributed by atoms with Crippen molar-refractivity contribution in [2.45, 2.75) is 6.54 Å². The van der Waals surface area contributed by atoms with Gasteiger partial charge in [-0.25, -0.2) is 4.98 Å². The van der Waals surface area contributed by atoms with E-state index in [-0.39, 0.29) is 6.61 Å². The van der Waals surface area contributed by atoms with Crippen molar-refractivity contribution in [3.63, 3.8) is 0 Å². The van der Waals surface area contributed by atoms with E-state index in [1.807, 2.05) is 48.7 Å². The summed E-state index contributed by atoms with van der Waals surface area (Å²) in [7, 11) is 0. The van der Waals surface area contributed by atoms with E-state index in [1.54, 1.807) is 21.8 Å². The average Bonchev–Trinajstić information content (AvgIpc) is 3.40. The highest BCUT2D eigenvalue weighted by molar-refractivity contribution is 5.85. The molecule has 0 aliphatic heterocycles. The summed E-state index contributed by atoms with van der Waals surface area (Å²) in [6, 6.07) is 13.6. The predicted molar refractivity (Wildman–Crippen MR) is 110 cm³/mol. The van der Waals surface area contributed by atoms with Crippen LogP contribution in [-0.4, -0.2) is 46.5 Å². The number of pyridine rings is 2. The summed E-state index contributed by atoms with van der Waals surface area (Å²) in [5.74, 6) is 0. The van der Waals surface area contributed by atoms with Crippen LogP contribution in [0.3, 0.4) is 0 Å². The summed E-state index contributed by atoms with van der Waals surface area (Å²) in [4.78, 5) is 9.09. The maximum Gasteiger partial charge on any atom is 0.184 e. The molecular formula is C21H17N7O. The highest BCUT2D eigenvalue weighted by atomic mass is 16.3. The summed E-state index contributed by atoms with van der Waals surface area (Å²) in [6.07, 6.45) is 5.35. The third kappa shape index (κ3) is 3.05. The quantitative estimate of drug-likeness (QED) is 0.501. The minimum Gasteiger partial charge on any atom is -0.394 e. The SMILES string of the molecule is C=C(c1ccc2ncccc2c1)n1nnc2ccc(-c3cnn(CCO)c3)nc21. The Balaban J connectivity index is 1.56. The molecule has 1 N–H and O–H groups in total. The van der Waals surface area contributed by atoms with Crippen LogP contribution in [-0.2, 0) is 6.54 Å². The van der Waals surface area contributed by atoms with Gasteiger partial charge in [-0.2, -0.15) is 9.78 Å². The maximum atomic E-state index is 9.07. The second-order valence-corrected chi connectivity index (χ2v) is 6.61. The first-order valence-corrected chi connectivity index (χ1v) is 9.13. The molecule has 142 valence electrons. The van der Waals surface area contributed by atoms with E-state index in [0.29, 0.717) is 23.4 Å². The van der Waals surface area contributed by atoms with Crippen LogP contribution in [0.25, 0.3) is 39.0 Å². The van der Waals surface area contributed by atoms with Crippen LogP contribution in [0.1, 0.15) is 5.56 Å². The predicted octanol–water partition coefficient (Wildman–Crippen LogP) is 2.75.